The summed E-state index contributed by atoms with van der Waals surface area (Å²) < 4.78 is 5.91. The fourth-order valence-electron chi connectivity index (χ4n) is 3.27. The predicted octanol–water partition coefficient (Wildman–Crippen LogP) is 5.01. The van der Waals surface area contributed by atoms with Crippen LogP contribution in [0.3, 0.4) is 0 Å². The van der Waals surface area contributed by atoms with Gasteiger partial charge in [0.1, 0.15) is 23.3 Å². The van der Waals surface area contributed by atoms with Gasteiger partial charge in [0, 0.05) is 29.6 Å². The molecule has 1 atom stereocenters. The van der Waals surface area contributed by atoms with Gasteiger partial charge in [0.05, 0.1) is 0 Å². The lowest BCUT2D eigenvalue weighted by atomic mass is 9.94. The molecule has 2 rings (SSSR count). The van der Waals surface area contributed by atoms with Crippen LogP contribution in [0.1, 0.15) is 29.9 Å². The van der Waals surface area contributed by atoms with Crippen LogP contribution in [0.25, 0.3) is 10.4 Å². The zero-order valence-corrected chi connectivity index (χ0v) is 20.8. The second-order valence-corrected chi connectivity index (χ2v) is 9.44. The third kappa shape index (κ3) is 9.02. The molecule has 34 heavy (non-hydrogen) atoms. The molecule has 0 spiro atoms. The van der Waals surface area contributed by atoms with E-state index in [4.69, 9.17) is 4.74 Å². The number of carboxylic acids is 1. The van der Waals surface area contributed by atoms with Crippen LogP contribution in [0.2, 0.25) is 0 Å². The number of carbonyl (C=O) groups is 1. The quantitative estimate of drug-likeness (QED) is 0.283. The molecule has 2 aromatic rings. The normalized spacial score (nSPS) is 13.4. The summed E-state index contributed by atoms with van der Waals surface area (Å²) in [6.07, 6.45) is 11.5. The number of nitrogens with one attached hydrogen (secondary N) is 2. The molecule has 0 bridgehead atoms. The molecular weight excluding hydrogens is 448 g/mol. The van der Waals surface area contributed by atoms with E-state index in [0.29, 0.717) is 12.3 Å². The number of thiophene rings is 1. The van der Waals surface area contributed by atoms with E-state index in [0.717, 1.165) is 22.4 Å². The standard InChI is InChI=1S/C27H34N2O4S/c1-5-6-7-8-11-20(17-28-4)16-27(2,3)29-18-21(30)19-33-23-13-10-9-12-22(23)24-14-15-25(34-24)26(31)32/h5-15,17,21,28-30H,1,16,18-19H2,2-4H3,(H,31,32)/b7-6-,11-8+,20-17+. The van der Waals surface area contributed by atoms with Crippen molar-refractivity contribution in [1.82, 2.24) is 10.6 Å². The molecule has 0 aliphatic carbocycles. The van der Waals surface area contributed by atoms with Crippen molar-refractivity contribution in [1.29, 1.82) is 0 Å². The number of carboxylic acid groups (broad SMARTS) is 1. The first-order valence-corrected chi connectivity index (χ1v) is 11.9. The Bertz CT molecular complexity index is 1040. The van der Waals surface area contributed by atoms with Crippen molar-refractivity contribution in [2.45, 2.75) is 31.9 Å². The lowest BCUT2D eigenvalue weighted by Crippen LogP contribution is -2.45. The van der Waals surface area contributed by atoms with Gasteiger partial charge in [-0.3, -0.25) is 0 Å². The highest BCUT2D eigenvalue weighted by molar-refractivity contribution is 7.17. The van der Waals surface area contributed by atoms with Crippen molar-refractivity contribution < 1.29 is 19.7 Å². The topological polar surface area (TPSA) is 90.8 Å². The van der Waals surface area contributed by atoms with Crippen molar-refractivity contribution >= 4 is 17.3 Å². The lowest BCUT2D eigenvalue weighted by Gasteiger charge is -2.28. The molecule has 4 N–H and O–H groups in total. The average molecular weight is 483 g/mol. The number of aromatic carboxylic acids is 1. The summed E-state index contributed by atoms with van der Waals surface area (Å²) in [6.45, 7) is 8.32. The molecule has 0 saturated heterocycles. The zero-order valence-electron chi connectivity index (χ0n) is 20.0. The van der Waals surface area contributed by atoms with Gasteiger partial charge in [-0.1, -0.05) is 49.1 Å². The molecular formula is C27H34N2O4S. The molecule has 0 radical (unpaired) electrons. The number of benzene rings is 1. The molecule has 0 aliphatic rings. The van der Waals surface area contributed by atoms with E-state index in [9.17, 15) is 15.0 Å². The largest absolute Gasteiger partial charge is 0.490 e. The maximum Gasteiger partial charge on any atom is 0.345 e. The van der Waals surface area contributed by atoms with Crippen LogP contribution < -0.4 is 15.4 Å². The molecule has 0 fully saturated rings. The Morgan fingerprint density at radius 2 is 1.97 bits per heavy atom. The van der Waals surface area contributed by atoms with Gasteiger partial charge in [0.2, 0.25) is 0 Å². The highest BCUT2D eigenvalue weighted by Gasteiger charge is 2.20. The number of β-amino-alcohol motifs (C(OH)–C–C–N with tert-alkyl or cyclic N) is 1. The molecule has 0 aliphatic heterocycles. The SMILES string of the molecule is C=C\C=C/C=C/C(=C\NC)CC(C)(C)NCC(O)COc1ccccc1-c1ccc(C(=O)O)s1. The van der Waals surface area contributed by atoms with Crippen LogP contribution >= 0.6 is 11.3 Å². The van der Waals surface area contributed by atoms with Gasteiger partial charge in [-0.05, 0) is 56.3 Å². The van der Waals surface area contributed by atoms with Crippen LogP contribution in [0, 0.1) is 0 Å². The minimum absolute atomic E-state index is 0.114. The Hall–Kier alpha value is -3.13. The van der Waals surface area contributed by atoms with Gasteiger partial charge in [0.25, 0.3) is 0 Å². The Labute approximate surface area is 206 Å². The van der Waals surface area contributed by atoms with Crippen molar-refractivity contribution in [2.75, 3.05) is 20.2 Å². The number of rotatable bonds is 14. The number of allylic oxidation sites excluding steroid dienone is 5. The maximum absolute atomic E-state index is 11.2. The first-order chi connectivity index (χ1) is 16.3. The smallest absolute Gasteiger partial charge is 0.345 e. The highest BCUT2D eigenvalue weighted by atomic mass is 32.1. The summed E-state index contributed by atoms with van der Waals surface area (Å²) >= 11 is 1.19. The molecule has 1 heterocycles. The minimum atomic E-state index is -0.949. The lowest BCUT2D eigenvalue weighted by molar-refractivity contribution is 0.0702. The summed E-state index contributed by atoms with van der Waals surface area (Å²) in [5.74, 6) is -0.341. The van der Waals surface area contributed by atoms with Crippen molar-refractivity contribution in [3.05, 3.63) is 90.0 Å². The molecule has 7 heteroatoms. The van der Waals surface area contributed by atoms with Gasteiger partial charge < -0.3 is 25.6 Å². The second-order valence-electron chi connectivity index (χ2n) is 8.36. The van der Waals surface area contributed by atoms with E-state index in [1.807, 2.05) is 61.8 Å². The van der Waals surface area contributed by atoms with Gasteiger partial charge >= 0.3 is 5.97 Å². The zero-order chi connectivity index (χ0) is 25.0. The molecule has 1 aromatic carbocycles. The van der Waals surface area contributed by atoms with E-state index in [-0.39, 0.29) is 17.0 Å². The molecule has 0 amide bonds. The number of ether oxygens (including phenoxy) is 1. The first-order valence-electron chi connectivity index (χ1n) is 11.1. The summed E-state index contributed by atoms with van der Waals surface area (Å²) in [5, 5.41) is 26.2. The molecule has 1 unspecified atom stereocenters. The Kier molecular flexibility index (Phi) is 10.8. The monoisotopic (exact) mass is 482 g/mol. The van der Waals surface area contributed by atoms with E-state index in [1.165, 1.54) is 11.3 Å². The summed E-state index contributed by atoms with van der Waals surface area (Å²) in [6, 6.07) is 10.8. The molecule has 6 nitrogen and oxygen atoms in total. The molecule has 1 aromatic heterocycles. The number of para-hydroxylation sites is 1. The van der Waals surface area contributed by atoms with Gasteiger partial charge in [0.15, 0.2) is 0 Å². The Balaban J connectivity index is 1.94. The van der Waals surface area contributed by atoms with Crippen molar-refractivity contribution in [3.63, 3.8) is 0 Å². The number of aliphatic hydroxyl groups is 1. The summed E-state index contributed by atoms with van der Waals surface area (Å²) in [5.41, 5.74) is 1.67. The second kappa shape index (κ2) is 13.5. The fourth-order valence-corrected chi connectivity index (χ4v) is 4.15. The van der Waals surface area contributed by atoms with Crippen LogP contribution in [0.4, 0.5) is 0 Å². The predicted molar refractivity (Wildman–Crippen MR) is 141 cm³/mol. The summed E-state index contributed by atoms with van der Waals surface area (Å²) in [7, 11) is 1.87. The summed E-state index contributed by atoms with van der Waals surface area (Å²) in [4.78, 5) is 12.3. The average Bonchev–Trinajstić information content (AvgIpc) is 3.30. The first kappa shape index (κ1) is 27.1. The van der Waals surface area contributed by atoms with E-state index in [1.54, 1.807) is 18.2 Å². The van der Waals surface area contributed by atoms with Crippen LogP contribution in [0.5, 0.6) is 5.75 Å². The van der Waals surface area contributed by atoms with Crippen LogP contribution in [0.15, 0.2) is 85.1 Å². The van der Waals surface area contributed by atoms with Gasteiger partial charge in [-0.15, -0.1) is 11.3 Å². The number of hydrogen-bond acceptors (Lipinski definition) is 6. The van der Waals surface area contributed by atoms with E-state index in [2.05, 4.69) is 31.1 Å². The molecule has 182 valence electrons. The van der Waals surface area contributed by atoms with Crippen LogP contribution in [-0.4, -0.2) is 48.0 Å². The third-order valence-electron chi connectivity index (χ3n) is 4.86. The third-order valence-corrected chi connectivity index (χ3v) is 5.97. The van der Waals surface area contributed by atoms with Crippen LogP contribution in [-0.2, 0) is 0 Å². The Morgan fingerprint density at radius 3 is 2.65 bits per heavy atom. The van der Waals surface area contributed by atoms with Crippen molar-refractivity contribution in [3.8, 4) is 16.2 Å². The number of hydrogen-bond donors (Lipinski definition) is 4. The van der Waals surface area contributed by atoms with Gasteiger partial charge in [-0.25, -0.2) is 4.79 Å². The van der Waals surface area contributed by atoms with E-state index < -0.39 is 12.1 Å². The molecule has 0 saturated carbocycles. The Morgan fingerprint density at radius 1 is 1.21 bits per heavy atom. The van der Waals surface area contributed by atoms with Crippen molar-refractivity contribution in [2.24, 2.45) is 0 Å². The highest BCUT2D eigenvalue weighted by Crippen LogP contribution is 2.35. The maximum atomic E-state index is 11.2. The number of aliphatic hydroxyl groups excluding tert-OH is 1. The van der Waals surface area contributed by atoms with Gasteiger partial charge in [-0.2, -0.15) is 0 Å². The minimum Gasteiger partial charge on any atom is -0.490 e. The fraction of sp³-hybridized carbons (Fsp3) is 0.296. The van der Waals surface area contributed by atoms with E-state index >= 15 is 0 Å².